The lowest BCUT2D eigenvalue weighted by molar-refractivity contribution is 0.691. The van der Waals surface area contributed by atoms with Gasteiger partial charge in [-0.2, -0.15) is 0 Å². The molecule has 0 spiro atoms. The highest BCUT2D eigenvalue weighted by Crippen LogP contribution is 2.21. The van der Waals surface area contributed by atoms with Crippen molar-refractivity contribution in [2.24, 2.45) is 0 Å². The van der Waals surface area contributed by atoms with E-state index in [9.17, 15) is 0 Å². The molecule has 0 atom stereocenters. The minimum absolute atomic E-state index is 0.679. The zero-order chi connectivity index (χ0) is 20.4. The van der Waals surface area contributed by atoms with Crippen molar-refractivity contribution < 1.29 is 0 Å². The number of aromatic nitrogens is 1. The first-order valence-electron chi connectivity index (χ1n) is 9.27. The molecule has 8 heteroatoms. The van der Waals surface area contributed by atoms with Gasteiger partial charge < -0.3 is 20.9 Å². The van der Waals surface area contributed by atoms with Crippen LogP contribution in [0.4, 0.5) is 5.82 Å². The van der Waals surface area contributed by atoms with Crippen LogP contribution >= 0.6 is 39.7 Å². The maximum Gasteiger partial charge on any atom is 0.166 e. The van der Waals surface area contributed by atoms with Gasteiger partial charge >= 0.3 is 0 Å². The Balaban J connectivity index is 1.95. The molecule has 0 fully saturated rings. The summed E-state index contributed by atoms with van der Waals surface area (Å²) < 4.78 is 0.958. The number of hydrogen-bond donors (Lipinski definition) is 3. The molecule has 0 saturated carbocycles. The summed E-state index contributed by atoms with van der Waals surface area (Å²) in [4.78, 5) is 6.76. The van der Waals surface area contributed by atoms with Crippen molar-refractivity contribution in [1.82, 2.24) is 20.9 Å². The minimum Gasteiger partial charge on any atom is -0.363 e. The number of aryl methyl sites for hydroxylation is 1. The molecule has 1 heterocycles. The maximum atomic E-state index is 6.30. The van der Waals surface area contributed by atoms with E-state index in [1.54, 1.807) is 0 Å². The minimum atomic E-state index is 0.679. The van der Waals surface area contributed by atoms with Crippen molar-refractivity contribution in [3.8, 4) is 0 Å². The van der Waals surface area contributed by atoms with E-state index >= 15 is 0 Å². The molecule has 2 rings (SSSR count). The fourth-order valence-corrected chi connectivity index (χ4v) is 3.26. The zero-order valence-electron chi connectivity index (χ0n) is 16.3. The molecule has 0 radical (unpaired) electrons. The van der Waals surface area contributed by atoms with E-state index in [1.807, 2.05) is 44.4 Å². The molecule has 0 aliphatic carbocycles. The van der Waals surface area contributed by atoms with E-state index in [2.05, 4.69) is 47.8 Å². The van der Waals surface area contributed by atoms with E-state index in [4.69, 9.17) is 23.8 Å². The van der Waals surface area contributed by atoms with Crippen LogP contribution in [0.25, 0.3) is 0 Å². The molecule has 0 unspecified atom stereocenters. The maximum absolute atomic E-state index is 6.30. The van der Waals surface area contributed by atoms with Crippen molar-refractivity contribution in [2.45, 2.75) is 19.9 Å². The molecule has 2 aromatic rings. The van der Waals surface area contributed by atoms with Crippen molar-refractivity contribution in [2.75, 3.05) is 38.1 Å². The van der Waals surface area contributed by atoms with Crippen LogP contribution in [0.3, 0.4) is 0 Å². The monoisotopic (exact) mass is 483 g/mol. The van der Waals surface area contributed by atoms with Crippen LogP contribution in [0, 0.1) is 6.92 Å². The van der Waals surface area contributed by atoms with Gasteiger partial charge in [-0.15, -0.1) is 0 Å². The fourth-order valence-electron chi connectivity index (χ4n) is 2.62. The predicted octanol–water partition coefficient (Wildman–Crippen LogP) is 3.89. The molecule has 0 bridgehead atoms. The highest BCUT2D eigenvalue weighted by atomic mass is 79.9. The van der Waals surface area contributed by atoms with Gasteiger partial charge in [-0.3, -0.25) is 0 Å². The average Bonchev–Trinajstić information content (AvgIpc) is 2.68. The van der Waals surface area contributed by atoms with Crippen molar-refractivity contribution in [1.29, 1.82) is 0 Å². The van der Waals surface area contributed by atoms with Crippen molar-refractivity contribution in [3.63, 3.8) is 0 Å². The molecule has 0 saturated heterocycles. The summed E-state index contributed by atoms with van der Waals surface area (Å²) in [5.41, 5.74) is 2.23. The summed E-state index contributed by atoms with van der Waals surface area (Å²) in [5.74, 6) is 0.912. The number of hydrogen-bond acceptors (Lipinski definition) is 4. The van der Waals surface area contributed by atoms with Crippen LogP contribution in [0.2, 0.25) is 5.02 Å². The molecule has 152 valence electrons. The van der Waals surface area contributed by atoms with Gasteiger partial charge in [0.25, 0.3) is 0 Å². The summed E-state index contributed by atoms with van der Waals surface area (Å²) >= 11 is 15.1. The number of nitrogens with one attached hydrogen (secondary N) is 3. The fraction of sp³-hybridized carbons (Fsp3) is 0.400. The Morgan fingerprint density at radius 3 is 2.64 bits per heavy atom. The SMILES string of the molecule is CNCCCNC(=S)NCCN(Cc1ccc(C)c(Cl)c1)c1ccc(Br)cn1. The van der Waals surface area contributed by atoms with E-state index in [0.29, 0.717) is 5.11 Å². The quantitative estimate of drug-likeness (QED) is 0.351. The van der Waals surface area contributed by atoms with Crippen LogP contribution in [0.1, 0.15) is 17.5 Å². The third kappa shape index (κ3) is 7.91. The highest BCUT2D eigenvalue weighted by Gasteiger charge is 2.10. The lowest BCUT2D eigenvalue weighted by Crippen LogP contribution is -2.41. The Kier molecular flexibility index (Phi) is 9.98. The van der Waals surface area contributed by atoms with Crippen LogP contribution in [0.15, 0.2) is 41.0 Å². The van der Waals surface area contributed by atoms with Crippen LogP contribution in [0.5, 0.6) is 0 Å². The van der Waals surface area contributed by atoms with Gasteiger partial charge in [-0.05, 0) is 84.4 Å². The lowest BCUT2D eigenvalue weighted by Gasteiger charge is -2.25. The normalized spacial score (nSPS) is 10.6. The molecule has 0 aliphatic rings. The third-order valence-corrected chi connectivity index (χ3v) is 5.37. The van der Waals surface area contributed by atoms with E-state index in [-0.39, 0.29) is 0 Å². The van der Waals surface area contributed by atoms with Gasteiger partial charge in [0.2, 0.25) is 0 Å². The van der Waals surface area contributed by atoms with E-state index in [0.717, 1.165) is 65.6 Å². The third-order valence-electron chi connectivity index (χ3n) is 4.20. The molecule has 0 aliphatic heterocycles. The van der Waals surface area contributed by atoms with Gasteiger partial charge in [0.05, 0.1) is 0 Å². The number of rotatable bonds is 10. The number of thiocarbonyl (C=S) groups is 1. The number of pyridine rings is 1. The molecule has 3 N–H and O–H groups in total. The first-order chi connectivity index (χ1) is 13.5. The van der Waals surface area contributed by atoms with Crippen molar-refractivity contribution in [3.05, 3.63) is 57.2 Å². The molecular weight excluding hydrogens is 458 g/mol. The Morgan fingerprint density at radius 2 is 1.96 bits per heavy atom. The Morgan fingerprint density at radius 1 is 1.18 bits per heavy atom. The lowest BCUT2D eigenvalue weighted by atomic mass is 10.1. The summed E-state index contributed by atoms with van der Waals surface area (Å²) in [6.45, 7) is 6.03. The summed E-state index contributed by atoms with van der Waals surface area (Å²) in [6, 6.07) is 10.2. The molecule has 0 amide bonds. The zero-order valence-corrected chi connectivity index (χ0v) is 19.4. The molecule has 28 heavy (non-hydrogen) atoms. The van der Waals surface area contributed by atoms with Gasteiger partial charge in [-0.25, -0.2) is 4.98 Å². The van der Waals surface area contributed by atoms with Gasteiger partial charge in [-0.1, -0.05) is 23.7 Å². The number of halogens is 2. The summed E-state index contributed by atoms with van der Waals surface area (Å²) in [7, 11) is 1.95. The second-order valence-electron chi connectivity index (χ2n) is 6.48. The largest absolute Gasteiger partial charge is 0.363 e. The average molecular weight is 485 g/mol. The molecule has 5 nitrogen and oxygen atoms in total. The number of nitrogens with zero attached hydrogens (tertiary/aromatic N) is 2. The number of benzene rings is 1. The first-order valence-corrected chi connectivity index (χ1v) is 10.9. The molecule has 1 aromatic heterocycles. The topological polar surface area (TPSA) is 52.2 Å². The van der Waals surface area contributed by atoms with Gasteiger partial charge in [0.1, 0.15) is 5.82 Å². The Hall–Kier alpha value is -1.41. The molecular formula is C20H27BrClN5S. The Labute approximate surface area is 186 Å². The van der Waals surface area contributed by atoms with Crippen LogP contribution < -0.4 is 20.9 Å². The smallest absolute Gasteiger partial charge is 0.166 e. The Bertz CT molecular complexity index is 757. The standard InChI is InChI=1S/C20H27BrClN5S/c1-15-4-5-16(12-18(15)22)14-27(19-7-6-17(21)13-26-19)11-10-25-20(28)24-9-3-8-23-2/h4-7,12-13,23H,3,8-11,14H2,1-2H3,(H2,24,25,28). The van der Waals surface area contributed by atoms with Gasteiger partial charge in [0.15, 0.2) is 5.11 Å². The van der Waals surface area contributed by atoms with E-state index < -0.39 is 0 Å². The van der Waals surface area contributed by atoms with E-state index in [1.165, 1.54) is 0 Å². The van der Waals surface area contributed by atoms with Crippen LogP contribution in [-0.2, 0) is 6.54 Å². The number of anilines is 1. The summed E-state index contributed by atoms with van der Waals surface area (Å²) in [6.07, 6.45) is 2.84. The van der Waals surface area contributed by atoms with Gasteiger partial charge in [0, 0.05) is 41.9 Å². The second-order valence-corrected chi connectivity index (χ2v) is 8.21. The highest BCUT2D eigenvalue weighted by molar-refractivity contribution is 9.10. The van der Waals surface area contributed by atoms with Crippen LogP contribution in [-0.4, -0.2) is 43.3 Å². The predicted molar refractivity (Wildman–Crippen MR) is 126 cm³/mol. The molecule has 1 aromatic carbocycles. The second kappa shape index (κ2) is 12.2. The summed E-state index contributed by atoms with van der Waals surface area (Å²) in [5, 5.41) is 11.1. The van der Waals surface area contributed by atoms with Crippen molar-refractivity contribution >= 4 is 50.7 Å². The first kappa shape index (κ1) is 22.9.